The summed E-state index contributed by atoms with van der Waals surface area (Å²) in [5.74, 6) is -0.860. The molecule has 0 aliphatic carbocycles. The van der Waals surface area contributed by atoms with Gasteiger partial charge in [-0.2, -0.15) is 0 Å². The third kappa shape index (κ3) is 4.83. The Morgan fingerprint density at radius 1 is 1.17 bits per heavy atom. The first-order chi connectivity index (χ1) is 13.9. The number of amides is 4. The van der Waals surface area contributed by atoms with Gasteiger partial charge in [0.2, 0.25) is 11.8 Å². The Bertz CT molecular complexity index is 789. The number of rotatable bonds is 6. The second kappa shape index (κ2) is 8.91. The lowest BCUT2D eigenvalue weighted by Crippen LogP contribution is -2.58. The first kappa shape index (κ1) is 20.6. The van der Waals surface area contributed by atoms with Crippen molar-refractivity contribution in [1.82, 2.24) is 20.9 Å². The lowest BCUT2D eigenvalue weighted by atomic mass is 10.1. The van der Waals surface area contributed by atoms with Crippen LogP contribution in [0.1, 0.15) is 17.3 Å². The summed E-state index contributed by atoms with van der Waals surface area (Å²) in [5.41, 5.74) is 1.62. The zero-order valence-electron chi connectivity index (χ0n) is 16.2. The van der Waals surface area contributed by atoms with Crippen molar-refractivity contribution in [3.63, 3.8) is 0 Å². The number of piperazine rings is 1. The van der Waals surface area contributed by atoms with Gasteiger partial charge in [-0.1, -0.05) is 0 Å². The van der Waals surface area contributed by atoms with Crippen LogP contribution in [0.4, 0.5) is 10.5 Å². The van der Waals surface area contributed by atoms with E-state index in [2.05, 4.69) is 20.9 Å². The van der Waals surface area contributed by atoms with E-state index in [9.17, 15) is 24.3 Å². The molecule has 3 rings (SSSR count). The van der Waals surface area contributed by atoms with Gasteiger partial charge in [0.25, 0.3) is 0 Å². The van der Waals surface area contributed by atoms with Crippen molar-refractivity contribution in [2.75, 3.05) is 44.2 Å². The molecule has 1 aromatic rings. The summed E-state index contributed by atoms with van der Waals surface area (Å²) in [7, 11) is 0. The fraction of sp³-hybridized carbons (Fsp3) is 0.474. The lowest BCUT2D eigenvalue weighted by molar-refractivity contribution is -0.138. The maximum atomic E-state index is 12.7. The SMILES string of the molecule is CC(=O)c1ccc(N2CCN(C(=O)[C@H](CO)NC(=O)C3CNC(=O)N3)CC2)cc1. The third-order valence-electron chi connectivity index (χ3n) is 5.12. The molecule has 29 heavy (non-hydrogen) atoms. The number of Topliss-reactive ketones (excluding diaryl/α,β-unsaturated/α-hetero) is 1. The van der Waals surface area contributed by atoms with E-state index in [4.69, 9.17) is 0 Å². The Morgan fingerprint density at radius 2 is 1.83 bits per heavy atom. The topological polar surface area (TPSA) is 131 Å². The summed E-state index contributed by atoms with van der Waals surface area (Å²) < 4.78 is 0. The molecule has 0 saturated carbocycles. The molecule has 4 amide bonds. The predicted octanol–water partition coefficient (Wildman–Crippen LogP) is -1.30. The van der Waals surface area contributed by atoms with E-state index < -0.39 is 30.6 Å². The number of aliphatic hydroxyl groups excluding tert-OH is 1. The number of carbonyl (C=O) groups excluding carboxylic acids is 4. The van der Waals surface area contributed by atoms with Gasteiger partial charge in [-0.3, -0.25) is 14.4 Å². The summed E-state index contributed by atoms with van der Waals surface area (Å²) in [5, 5.41) is 17.0. The number of hydrogen-bond donors (Lipinski definition) is 4. The van der Waals surface area contributed by atoms with Crippen LogP contribution in [0, 0.1) is 0 Å². The summed E-state index contributed by atoms with van der Waals surface area (Å²) in [6, 6.07) is 5.07. The van der Waals surface area contributed by atoms with Crippen LogP contribution in [0.15, 0.2) is 24.3 Å². The fourth-order valence-corrected chi connectivity index (χ4v) is 3.38. The molecule has 2 saturated heterocycles. The highest BCUT2D eigenvalue weighted by molar-refractivity contribution is 5.95. The van der Waals surface area contributed by atoms with Gasteiger partial charge in [0.05, 0.1) is 6.61 Å². The van der Waals surface area contributed by atoms with Gasteiger partial charge in [0.1, 0.15) is 12.1 Å². The highest BCUT2D eigenvalue weighted by Gasteiger charge is 2.32. The summed E-state index contributed by atoms with van der Waals surface area (Å²) >= 11 is 0. The van der Waals surface area contributed by atoms with Crippen LogP contribution in [-0.2, 0) is 9.59 Å². The molecule has 2 atom stereocenters. The zero-order valence-corrected chi connectivity index (χ0v) is 16.2. The standard InChI is InChI=1S/C19H25N5O5/c1-12(26)13-2-4-14(5-3-13)23-6-8-24(9-7-23)18(28)16(11-25)21-17(27)15-10-20-19(29)22-15/h2-5,15-16,25H,6-11H2,1H3,(H,21,27)(H2,20,22,29)/t15?,16-/m0/s1. The maximum Gasteiger partial charge on any atom is 0.315 e. The molecule has 0 bridgehead atoms. The molecule has 10 nitrogen and oxygen atoms in total. The van der Waals surface area contributed by atoms with E-state index in [1.165, 1.54) is 6.92 Å². The first-order valence-electron chi connectivity index (χ1n) is 9.49. The Hall–Kier alpha value is -3.14. The van der Waals surface area contributed by atoms with Crippen LogP contribution in [-0.4, -0.2) is 85.0 Å². The number of urea groups is 1. The van der Waals surface area contributed by atoms with Crippen molar-refractivity contribution >= 4 is 29.3 Å². The molecule has 2 fully saturated rings. The first-order valence-corrected chi connectivity index (χ1v) is 9.49. The summed E-state index contributed by atoms with van der Waals surface area (Å²) in [6.45, 7) is 3.22. The molecule has 0 radical (unpaired) electrons. The number of aliphatic hydroxyl groups is 1. The predicted molar refractivity (Wildman–Crippen MR) is 105 cm³/mol. The highest BCUT2D eigenvalue weighted by atomic mass is 16.3. The third-order valence-corrected chi connectivity index (χ3v) is 5.12. The second-order valence-electron chi connectivity index (χ2n) is 7.07. The molecule has 0 aromatic heterocycles. The van der Waals surface area contributed by atoms with Gasteiger partial charge in [-0.15, -0.1) is 0 Å². The number of benzene rings is 1. The van der Waals surface area contributed by atoms with Crippen molar-refractivity contribution in [3.8, 4) is 0 Å². The molecule has 156 valence electrons. The van der Waals surface area contributed by atoms with Gasteiger partial charge in [0.15, 0.2) is 5.78 Å². The van der Waals surface area contributed by atoms with E-state index in [1.807, 2.05) is 12.1 Å². The Balaban J connectivity index is 1.53. The largest absolute Gasteiger partial charge is 0.394 e. The average Bonchev–Trinajstić information content (AvgIpc) is 3.18. The molecular formula is C19H25N5O5. The van der Waals surface area contributed by atoms with E-state index in [0.29, 0.717) is 31.7 Å². The van der Waals surface area contributed by atoms with Gasteiger partial charge in [0, 0.05) is 44.0 Å². The molecule has 4 N–H and O–H groups in total. The minimum absolute atomic E-state index is 0.0111. The molecule has 2 aliphatic heterocycles. The van der Waals surface area contributed by atoms with E-state index in [1.54, 1.807) is 17.0 Å². The number of nitrogens with zero attached hydrogens (tertiary/aromatic N) is 2. The highest BCUT2D eigenvalue weighted by Crippen LogP contribution is 2.18. The number of hydrogen-bond acceptors (Lipinski definition) is 6. The van der Waals surface area contributed by atoms with Gasteiger partial charge >= 0.3 is 6.03 Å². The van der Waals surface area contributed by atoms with Crippen LogP contribution < -0.4 is 20.9 Å². The molecule has 1 aromatic carbocycles. The Morgan fingerprint density at radius 3 is 2.34 bits per heavy atom. The number of ketones is 1. The minimum Gasteiger partial charge on any atom is -0.394 e. The molecular weight excluding hydrogens is 378 g/mol. The Labute approximate surface area is 168 Å². The van der Waals surface area contributed by atoms with Gasteiger partial charge in [-0.25, -0.2) is 4.79 Å². The summed E-state index contributed by atoms with van der Waals surface area (Å²) in [4.78, 5) is 51.1. The number of anilines is 1. The van der Waals surface area contributed by atoms with E-state index in [-0.39, 0.29) is 18.2 Å². The van der Waals surface area contributed by atoms with Crippen molar-refractivity contribution in [2.45, 2.75) is 19.0 Å². The van der Waals surface area contributed by atoms with E-state index >= 15 is 0 Å². The van der Waals surface area contributed by atoms with Gasteiger partial charge in [-0.05, 0) is 31.2 Å². The molecule has 10 heteroatoms. The monoisotopic (exact) mass is 403 g/mol. The molecule has 2 aliphatic rings. The van der Waals surface area contributed by atoms with Crippen LogP contribution in [0.5, 0.6) is 0 Å². The molecule has 0 spiro atoms. The fourth-order valence-electron chi connectivity index (χ4n) is 3.38. The number of carbonyl (C=O) groups is 4. The molecule has 1 unspecified atom stereocenters. The Kier molecular flexibility index (Phi) is 6.32. The van der Waals surface area contributed by atoms with Crippen LogP contribution >= 0.6 is 0 Å². The van der Waals surface area contributed by atoms with Crippen LogP contribution in [0.3, 0.4) is 0 Å². The second-order valence-corrected chi connectivity index (χ2v) is 7.07. The van der Waals surface area contributed by atoms with Crippen LogP contribution in [0.2, 0.25) is 0 Å². The molecule has 2 heterocycles. The van der Waals surface area contributed by atoms with Crippen LogP contribution in [0.25, 0.3) is 0 Å². The quantitative estimate of drug-likeness (QED) is 0.437. The normalized spacial score (nSPS) is 19.9. The number of nitrogens with one attached hydrogen (secondary N) is 3. The van der Waals surface area contributed by atoms with Crippen molar-refractivity contribution in [1.29, 1.82) is 0 Å². The van der Waals surface area contributed by atoms with Gasteiger partial charge < -0.3 is 30.9 Å². The smallest absolute Gasteiger partial charge is 0.315 e. The minimum atomic E-state index is -1.05. The summed E-state index contributed by atoms with van der Waals surface area (Å²) in [6.07, 6.45) is 0. The lowest BCUT2D eigenvalue weighted by Gasteiger charge is -2.37. The van der Waals surface area contributed by atoms with Crippen molar-refractivity contribution in [3.05, 3.63) is 29.8 Å². The zero-order chi connectivity index (χ0) is 21.0. The average molecular weight is 403 g/mol. The maximum absolute atomic E-state index is 12.7. The van der Waals surface area contributed by atoms with Crippen molar-refractivity contribution in [2.24, 2.45) is 0 Å². The van der Waals surface area contributed by atoms with Crippen molar-refractivity contribution < 1.29 is 24.3 Å². The van der Waals surface area contributed by atoms with E-state index in [0.717, 1.165) is 5.69 Å².